The highest BCUT2D eigenvalue weighted by Crippen LogP contribution is 2.15. The van der Waals surface area contributed by atoms with E-state index < -0.39 is 0 Å². The van der Waals surface area contributed by atoms with Crippen LogP contribution in [0.5, 0.6) is 0 Å². The molecular formula is C11H26N2O. The summed E-state index contributed by atoms with van der Waals surface area (Å²) in [6, 6.07) is 0.436. The Bertz CT molecular complexity index is 127. The Balaban J connectivity index is 4.01. The van der Waals surface area contributed by atoms with Gasteiger partial charge in [-0.1, -0.05) is 13.8 Å². The molecule has 0 rings (SSSR count). The van der Waals surface area contributed by atoms with Crippen LogP contribution in [0.3, 0.4) is 0 Å². The predicted octanol–water partition coefficient (Wildman–Crippen LogP) is 1.25. The van der Waals surface area contributed by atoms with Gasteiger partial charge in [-0.3, -0.25) is 0 Å². The molecule has 0 bridgehead atoms. The average Bonchev–Trinajstić information content (AvgIpc) is 2.23. The van der Waals surface area contributed by atoms with Crippen molar-refractivity contribution < 1.29 is 5.11 Å². The molecule has 3 nitrogen and oxygen atoms in total. The Morgan fingerprint density at radius 2 is 1.93 bits per heavy atom. The normalized spacial score (nSPS) is 14.4. The molecule has 0 aliphatic carbocycles. The van der Waals surface area contributed by atoms with Gasteiger partial charge in [0.15, 0.2) is 0 Å². The van der Waals surface area contributed by atoms with E-state index in [1.165, 1.54) is 0 Å². The van der Waals surface area contributed by atoms with Crippen molar-refractivity contribution in [3.05, 3.63) is 0 Å². The third-order valence-electron chi connectivity index (χ3n) is 3.09. The van der Waals surface area contributed by atoms with Crippen molar-refractivity contribution in [2.45, 2.75) is 58.0 Å². The number of nitrogens with two attached hydrogens (primary N) is 1. The van der Waals surface area contributed by atoms with Crippen LogP contribution in [-0.4, -0.2) is 29.8 Å². The lowest BCUT2D eigenvalue weighted by Gasteiger charge is -2.35. The van der Waals surface area contributed by atoms with Gasteiger partial charge in [0, 0.05) is 24.7 Å². The molecular weight excluding hydrogens is 176 g/mol. The van der Waals surface area contributed by atoms with Crippen molar-refractivity contribution in [2.75, 3.05) is 13.2 Å². The zero-order chi connectivity index (χ0) is 11.0. The molecule has 0 heterocycles. The zero-order valence-corrected chi connectivity index (χ0v) is 9.84. The van der Waals surface area contributed by atoms with Crippen LogP contribution in [0.25, 0.3) is 0 Å². The van der Waals surface area contributed by atoms with E-state index in [9.17, 15) is 0 Å². The van der Waals surface area contributed by atoms with Gasteiger partial charge in [0.05, 0.1) is 0 Å². The minimum Gasteiger partial charge on any atom is -0.396 e. The molecule has 1 atom stereocenters. The van der Waals surface area contributed by atoms with Gasteiger partial charge in [0.25, 0.3) is 0 Å². The molecule has 0 saturated carbocycles. The summed E-state index contributed by atoms with van der Waals surface area (Å²) in [5.41, 5.74) is 5.89. The first kappa shape index (κ1) is 13.9. The SMILES string of the molecule is CCC(CC)(CN)NC(C)CCCO. The molecule has 1 unspecified atom stereocenters. The Kier molecular flexibility index (Phi) is 7.15. The first-order valence-corrected chi connectivity index (χ1v) is 5.72. The monoisotopic (exact) mass is 202 g/mol. The van der Waals surface area contributed by atoms with Crippen LogP contribution in [0.2, 0.25) is 0 Å². The van der Waals surface area contributed by atoms with E-state index in [1.54, 1.807) is 0 Å². The fourth-order valence-corrected chi connectivity index (χ4v) is 1.79. The smallest absolute Gasteiger partial charge is 0.0431 e. The molecule has 0 aliphatic heterocycles. The van der Waals surface area contributed by atoms with Crippen molar-refractivity contribution in [2.24, 2.45) is 5.73 Å². The lowest BCUT2D eigenvalue weighted by atomic mass is 9.91. The summed E-state index contributed by atoms with van der Waals surface area (Å²) in [6.07, 6.45) is 3.99. The average molecular weight is 202 g/mol. The summed E-state index contributed by atoms with van der Waals surface area (Å²) in [6.45, 7) is 7.46. The van der Waals surface area contributed by atoms with Gasteiger partial charge < -0.3 is 16.2 Å². The summed E-state index contributed by atoms with van der Waals surface area (Å²) < 4.78 is 0. The van der Waals surface area contributed by atoms with Crippen LogP contribution in [0.4, 0.5) is 0 Å². The highest BCUT2D eigenvalue weighted by Gasteiger charge is 2.25. The van der Waals surface area contributed by atoms with Gasteiger partial charge in [-0.05, 0) is 32.6 Å². The van der Waals surface area contributed by atoms with Crippen molar-refractivity contribution in [3.63, 3.8) is 0 Å². The van der Waals surface area contributed by atoms with Crippen LogP contribution < -0.4 is 11.1 Å². The molecule has 0 radical (unpaired) electrons. The van der Waals surface area contributed by atoms with E-state index in [4.69, 9.17) is 10.8 Å². The van der Waals surface area contributed by atoms with E-state index in [2.05, 4.69) is 26.1 Å². The lowest BCUT2D eigenvalue weighted by molar-refractivity contribution is 0.245. The molecule has 0 aromatic rings. The molecule has 0 aromatic carbocycles. The Hall–Kier alpha value is -0.120. The maximum Gasteiger partial charge on any atom is 0.0431 e. The summed E-state index contributed by atoms with van der Waals surface area (Å²) in [5.74, 6) is 0. The third kappa shape index (κ3) is 4.40. The summed E-state index contributed by atoms with van der Waals surface area (Å²) in [4.78, 5) is 0. The largest absolute Gasteiger partial charge is 0.396 e. The third-order valence-corrected chi connectivity index (χ3v) is 3.09. The van der Waals surface area contributed by atoms with Crippen LogP contribution >= 0.6 is 0 Å². The molecule has 14 heavy (non-hydrogen) atoms. The minimum absolute atomic E-state index is 0.0921. The standard InChI is InChI=1S/C11H26N2O/c1-4-11(5-2,9-12)13-10(3)7-6-8-14/h10,13-14H,4-9,12H2,1-3H3. The van der Waals surface area contributed by atoms with E-state index in [1.807, 2.05) is 0 Å². The summed E-state index contributed by atoms with van der Waals surface area (Å²) in [5, 5.41) is 12.3. The number of nitrogens with one attached hydrogen (secondary N) is 1. The Morgan fingerprint density at radius 1 is 1.36 bits per heavy atom. The van der Waals surface area contributed by atoms with Gasteiger partial charge in [0.1, 0.15) is 0 Å². The summed E-state index contributed by atoms with van der Waals surface area (Å²) >= 11 is 0. The van der Waals surface area contributed by atoms with Crippen LogP contribution in [-0.2, 0) is 0 Å². The number of rotatable bonds is 8. The lowest BCUT2D eigenvalue weighted by Crippen LogP contribution is -2.53. The van der Waals surface area contributed by atoms with Gasteiger partial charge in [-0.2, -0.15) is 0 Å². The van der Waals surface area contributed by atoms with Crippen molar-refractivity contribution in [3.8, 4) is 0 Å². The topological polar surface area (TPSA) is 58.3 Å². The molecule has 86 valence electrons. The highest BCUT2D eigenvalue weighted by molar-refractivity contribution is 4.88. The Morgan fingerprint density at radius 3 is 2.29 bits per heavy atom. The van der Waals surface area contributed by atoms with E-state index in [0.29, 0.717) is 12.6 Å². The maximum atomic E-state index is 8.73. The van der Waals surface area contributed by atoms with E-state index >= 15 is 0 Å². The Labute approximate surface area is 88.1 Å². The predicted molar refractivity (Wildman–Crippen MR) is 61.3 cm³/mol. The fraction of sp³-hybridized carbons (Fsp3) is 1.00. The van der Waals surface area contributed by atoms with Crippen molar-refractivity contribution >= 4 is 0 Å². The number of hydrogen-bond acceptors (Lipinski definition) is 3. The second-order valence-electron chi connectivity index (χ2n) is 4.10. The van der Waals surface area contributed by atoms with Gasteiger partial charge in [-0.25, -0.2) is 0 Å². The molecule has 3 heteroatoms. The second kappa shape index (κ2) is 7.21. The van der Waals surface area contributed by atoms with E-state index in [0.717, 1.165) is 25.7 Å². The number of aliphatic hydroxyl groups excluding tert-OH is 1. The van der Waals surface area contributed by atoms with Crippen LogP contribution in [0.15, 0.2) is 0 Å². The van der Waals surface area contributed by atoms with E-state index in [-0.39, 0.29) is 12.1 Å². The quantitative estimate of drug-likeness (QED) is 0.555. The summed E-state index contributed by atoms with van der Waals surface area (Å²) in [7, 11) is 0. The fourth-order valence-electron chi connectivity index (χ4n) is 1.79. The number of aliphatic hydroxyl groups is 1. The molecule has 0 fully saturated rings. The zero-order valence-electron chi connectivity index (χ0n) is 9.84. The van der Waals surface area contributed by atoms with Gasteiger partial charge in [0.2, 0.25) is 0 Å². The second-order valence-corrected chi connectivity index (χ2v) is 4.10. The number of hydrogen-bond donors (Lipinski definition) is 3. The van der Waals surface area contributed by atoms with Gasteiger partial charge in [-0.15, -0.1) is 0 Å². The van der Waals surface area contributed by atoms with Crippen molar-refractivity contribution in [1.29, 1.82) is 0 Å². The maximum absolute atomic E-state index is 8.73. The van der Waals surface area contributed by atoms with Crippen LogP contribution in [0, 0.1) is 0 Å². The molecule has 4 N–H and O–H groups in total. The van der Waals surface area contributed by atoms with Crippen LogP contribution in [0.1, 0.15) is 46.5 Å². The highest BCUT2D eigenvalue weighted by atomic mass is 16.2. The molecule has 0 amide bonds. The first-order valence-electron chi connectivity index (χ1n) is 5.72. The molecule has 0 aliphatic rings. The minimum atomic E-state index is 0.0921. The molecule has 0 spiro atoms. The van der Waals surface area contributed by atoms with Gasteiger partial charge >= 0.3 is 0 Å². The molecule has 0 saturated heterocycles. The molecule has 0 aromatic heterocycles. The first-order chi connectivity index (χ1) is 6.64. The van der Waals surface area contributed by atoms with Crippen molar-refractivity contribution in [1.82, 2.24) is 5.32 Å².